The molecule has 0 aromatic carbocycles. The fourth-order valence-electron chi connectivity index (χ4n) is 3.62. The van der Waals surface area contributed by atoms with E-state index in [1.54, 1.807) is 0 Å². The van der Waals surface area contributed by atoms with Gasteiger partial charge >= 0.3 is 0 Å². The average molecular weight is 221 g/mol. The zero-order valence-electron chi connectivity index (χ0n) is 10.5. The number of nitrogens with zero attached hydrogens (tertiary/aromatic N) is 1. The van der Waals surface area contributed by atoms with Crippen LogP contribution in [-0.2, 0) is 4.79 Å². The molecule has 2 saturated carbocycles. The summed E-state index contributed by atoms with van der Waals surface area (Å²) in [6.07, 6.45) is 6.43. The van der Waals surface area contributed by atoms with E-state index in [2.05, 4.69) is 18.7 Å². The monoisotopic (exact) mass is 221 g/mol. The van der Waals surface area contributed by atoms with Gasteiger partial charge in [0.2, 0.25) is 5.91 Å². The summed E-state index contributed by atoms with van der Waals surface area (Å²) in [5, 5.41) is 0. The SMILES string of the molecule is CC(C)C1CCC2(C1)CN(C(=O)C1CC1)C2. The van der Waals surface area contributed by atoms with E-state index in [1.165, 1.54) is 19.3 Å². The molecule has 1 aliphatic heterocycles. The molecule has 0 radical (unpaired) electrons. The maximum atomic E-state index is 11.9. The van der Waals surface area contributed by atoms with Gasteiger partial charge < -0.3 is 4.90 Å². The van der Waals surface area contributed by atoms with Gasteiger partial charge in [-0.3, -0.25) is 4.79 Å². The number of rotatable bonds is 2. The van der Waals surface area contributed by atoms with Gasteiger partial charge in [0, 0.05) is 24.4 Å². The number of amides is 1. The number of hydrogen-bond donors (Lipinski definition) is 0. The fourth-order valence-corrected chi connectivity index (χ4v) is 3.62. The molecule has 1 saturated heterocycles. The van der Waals surface area contributed by atoms with Crippen LogP contribution in [0.2, 0.25) is 0 Å². The van der Waals surface area contributed by atoms with Crippen LogP contribution < -0.4 is 0 Å². The lowest BCUT2D eigenvalue weighted by molar-refractivity contribution is -0.144. The van der Waals surface area contributed by atoms with Crippen LogP contribution in [0.25, 0.3) is 0 Å². The van der Waals surface area contributed by atoms with E-state index in [1.807, 2.05) is 0 Å². The molecular formula is C14H23NO. The van der Waals surface area contributed by atoms with E-state index < -0.39 is 0 Å². The van der Waals surface area contributed by atoms with Crippen LogP contribution in [0.3, 0.4) is 0 Å². The normalized spacial score (nSPS) is 32.2. The Morgan fingerprint density at radius 1 is 1.25 bits per heavy atom. The first-order valence-electron chi connectivity index (χ1n) is 6.88. The van der Waals surface area contributed by atoms with E-state index >= 15 is 0 Å². The molecule has 2 heteroatoms. The van der Waals surface area contributed by atoms with Crippen molar-refractivity contribution < 1.29 is 4.79 Å². The Hall–Kier alpha value is -0.530. The largest absolute Gasteiger partial charge is 0.341 e. The maximum absolute atomic E-state index is 11.9. The molecule has 0 aromatic rings. The van der Waals surface area contributed by atoms with Crippen molar-refractivity contribution in [3.05, 3.63) is 0 Å². The highest BCUT2D eigenvalue weighted by atomic mass is 16.2. The summed E-state index contributed by atoms with van der Waals surface area (Å²) < 4.78 is 0. The molecule has 1 spiro atoms. The van der Waals surface area contributed by atoms with E-state index in [0.29, 0.717) is 17.2 Å². The third-order valence-corrected chi connectivity index (χ3v) is 4.97. The summed E-state index contributed by atoms with van der Waals surface area (Å²) in [5.41, 5.74) is 0.541. The zero-order chi connectivity index (χ0) is 11.3. The second kappa shape index (κ2) is 3.48. The Morgan fingerprint density at radius 3 is 2.44 bits per heavy atom. The topological polar surface area (TPSA) is 20.3 Å². The highest BCUT2D eigenvalue weighted by molar-refractivity contribution is 5.82. The molecule has 2 nitrogen and oxygen atoms in total. The second-order valence-corrected chi connectivity index (χ2v) is 6.72. The van der Waals surface area contributed by atoms with Gasteiger partial charge in [0.05, 0.1) is 0 Å². The Kier molecular flexibility index (Phi) is 2.31. The standard InChI is InChI=1S/C14H23NO/c1-10(2)12-5-6-14(7-12)8-15(9-14)13(16)11-3-4-11/h10-12H,3-9H2,1-2H3. The highest BCUT2D eigenvalue weighted by Gasteiger charge is 2.51. The third kappa shape index (κ3) is 1.66. The van der Waals surface area contributed by atoms with E-state index in [0.717, 1.165) is 37.8 Å². The van der Waals surface area contributed by atoms with E-state index in [-0.39, 0.29) is 0 Å². The minimum Gasteiger partial charge on any atom is -0.341 e. The summed E-state index contributed by atoms with van der Waals surface area (Å²) >= 11 is 0. The van der Waals surface area contributed by atoms with Crippen LogP contribution in [0.5, 0.6) is 0 Å². The molecule has 3 rings (SSSR count). The summed E-state index contributed by atoms with van der Waals surface area (Å²) in [6, 6.07) is 0. The predicted molar refractivity (Wildman–Crippen MR) is 63.9 cm³/mol. The molecule has 1 atom stereocenters. The Labute approximate surface area is 98.4 Å². The lowest BCUT2D eigenvalue weighted by Crippen LogP contribution is -2.57. The van der Waals surface area contributed by atoms with Gasteiger partial charge in [-0.15, -0.1) is 0 Å². The van der Waals surface area contributed by atoms with Gasteiger partial charge in [-0.05, 0) is 43.9 Å². The van der Waals surface area contributed by atoms with Crippen LogP contribution in [0.15, 0.2) is 0 Å². The van der Waals surface area contributed by atoms with Crippen molar-refractivity contribution >= 4 is 5.91 Å². The second-order valence-electron chi connectivity index (χ2n) is 6.72. The van der Waals surface area contributed by atoms with E-state index in [9.17, 15) is 4.79 Å². The Balaban J connectivity index is 1.54. The fraction of sp³-hybridized carbons (Fsp3) is 0.929. The molecule has 1 amide bonds. The molecule has 1 heterocycles. The summed E-state index contributed by atoms with van der Waals surface area (Å²) in [4.78, 5) is 14.0. The van der Waals surface area contributed by atoms with Gasteiger partial charge in [0.25, 0.3) is 0 Å². The van der Waals surface area contributed by atoms with Crippen LogP contribution in [0.4, 0.5) is 0 Å². The molecule has 1 unspecified atom stereocenters. The number of carbonyl (C=O) groups excluding carboxylic acids is 1. The van der Waals surface area contributed by atoms with Crippen molar-refractivity contribution in [3.8, 4) is 0 Å². The number of likely N-dealkylation sites (tertiary alicyclic amines) is 1. The molecule has 90 valence electrons. The van der Waals surface area contributed by atoms with Crippen molar-refractivity contribution in [1.29, 1.82) is 0 Å². The maximum Gasteiger partial charge on any atom is 0.225 e. The Bertz CT molecular complexity index is 300. The number of hydrogen-bond acceptors (Lipinski definition) is 1. The smallest absolute Gasteiger partial charge is 0.225 e. The van der Waals surface area contributed by atoms with Crippen molar-refractivity contribution in [1.82, 2.24) is 4.90 Å². The van der Waals surface area contributed by atoms with Crippen molar-refractivity contribution in [2.75, 3.05) is 13.1 Å². The highest BCUT2D eigenvalue weighted by Crippen LogP contribution is 2.51. The van der Waals surface area contributed by atoms with Gasteiger partial charge in [0.15, 0.2) is 0 Å². The minimum atomic E-state index is 0.416. The molecule has 3 fully saturated rings. The van der Waals surface area contributed by atoms with Crippen LogP contribution in [0.1, 0.15) is 46.0 Å². The van der Waals surface area contributed by atoms with Gasteiger partial charge in [-0.25, -0.2) is 0 Å². The molecule has 0 aromatic heterocycles. The van der Waals surface area contributed by atoms with Crippen LogP contribution in [-0.4, -0.2) is 23.9 Å². The quantitative estimate of drug-likeness (QED) is 0.702. The van der Waals surface area contributed by atoms with Crippen LogP contribution >= 0.6 is 0 Å². The van der Waals surface area contributed by atoms with Crippen molar-refractivity contribution in [3.63, 3.8) is 0 Å². The van der Waals surface area contributed by atoms with Gasteiger partial charge in [-0.2, -0.15) is 0 Å². The van der Waals surface area contributed by atoms with Gasteiger partial charge in [-0.1, -0.05) is 13.8 Å². The van der Waals surface area contributed by atoms with Gasteiger partial charge in [0.1, 0.15) is 0 Å². The summed E-state index contributed by atoms with van der Waals surface area (Å²) in [5.74, 6) is 2.61. The molecule has 2 aliphatic carbocycles. The van der Waals surface area contributed by atoms with Crippen molar-refractivity contribution in [2.45, 2.75) is 46.0 Å². The van der Waals surface area contributed by atoms with Crippen molar-refractivity contribution in [2.24, 2.45) is 23.2 Å². The molecule has 3 aliphatic rings. The van der Waals surface area contributed by atoms with Crippen LogP contribution in [0, 0.1) is 23.2 Å². The summed E-state index contributed by atoms with van der Waals surface area (Å²) in [6.45, 7) is 6.84. The average Bonchev–Trinajstić information content (AvgIpc) is 2.92. The number of carbonyl (C=O) groups is 1. The lowest BCUT2D eigenvalue weighted by Gasteiger charge is -2.49. The Morgan fingerprint density at radius 2 is 1.94 bits per heavy atom. The zero-order valence-corrected chi connectivity index (χ0v) is 10.5. The molecular weight excluding hydrogens is 198 g/mol. The summed E-state index contributed by atoms with van der Waals surface area (Å²) in [7, 11) is 0. The molecule has 0 bridgehead atoms. The third-order valence-electron chi connectivity index (χ3n) is 4.97. The molecule has 16 heavy (non-hydrogen) atoms. The first-order chi connectivity index (χ1) is 7.60. The lowest BCUT2D eigenvalue weighted by atomic mass is 9.76. The first-order valence-corrected chi connectivity index (χ1v) is 6.88. The minimum absolute atomic E-state index is 0.416. The molecule has 0 N–H and O–H groups in total. The van der Waals surface area contributed by atoms with E-state index in [4.69, 9.17) is 0 Å². The first kappa shape index (κ1) is 10.6. The predicted octanol–water partition coefficient (Wildman–Crippen LogP) is 2.68.